The lowest BCUT2D eigenvalue weighted by atomic mass is 10.2. The Labute approximate surface area is 83.0 Å². The van der Waals surface area contributed by atoms with Gasteiger partial charge in [-0.2, -0.15) is 5.26 Å². The van der Waals surface area contributed by atoms with Gasteiger partial charge in [0, 0.05) is 18.8 Å². The van der Waals surface area contributed by atoms with Gasteiger partial charge in [0.25, 0.3) is 0 Å². The van der Waals surface area contributed by atoms with E-state index in [-0.39, 0.29) is 0 Å². The van der Waals surface area contributed by atoms with Crippen LogP contribution in [-0.4, -0.2) is 24.1 Å². The van der Waals surface area contributed by atoms with Crippen LogP contribution in [-0.2, 0) is 0 Å². The van der Waals surface area contributed by atoms with Crippen molar-refractivity contribution in [1.29, 1.82) is 5.26 Å². The summed E-state index contributed by atoms with van der Waals surface area (Å²) in [5, 5.41) is 15.2. The highest BCUT2D eigenvalue weighted by Crippen LogP contribution is 2.08. The van der Waals surface area contributed by atoms with Crippen molar-refractivity contribution in [3.05, 3.63) is 23.9 Å². The number of aromatic nitrogens is 1. The molecule has 14 heavy (non-hydrogen) atoms. The smallest absolute Gasteiger partial charge is 0.126 e. The molecule has 4 heteroatoms. The summed E-state index contributed by atoms with van der Waals surface area (Å²) in [5.74, 6) is 0.845. The summed E-state index contributed by atoms with van der Waals surface area (Å²) >= 11 is 0. The molecule has 1 aliphatic rings. The number of hydrogen-bond donors (Lipinski definition) is 2. The molecule has 72 valence electrons. The van der Waals surface area contributed by atoms with Gasteiger partial charge in [-0.05, 0) is 25.1 Å². The largest absolute Gasteiger partial charge is 0.366 e. The minimum Gasteiger partial charge on any atom is -0.366 e. The molecule has 1 aliphatic heterocycles. The molecule has 2 N–H and O–H groups in total. The van der Waals surface area contributed by atoms with E-state index >= 15 is 0 Å². The molecular formula is C10H12N4. The fourth-order valence-electron chi connectivity index (χ4n) is 1.53. The predicted octanol–water partition coefficient (Wildman–Crippen LogP) is 0.727. The van der Waals surface area contributed by atoms with Crippen LogP contribution in [0.2, 0.25) is 0 Å². The number of anilines is 1. The van der Waals surface area contributed by atoms with E-state index in [4.69, 9.17) is 5.26 Å². The lowest BCUT2D eigenvalue weighted by molar-refractivity contribution is 0.788. The fraction of sp³-hybridized carbons (Fsp3) is 0.400. The zero-order valence-corrected chi connectivity index (χ0v) is 7.83. The van der Waals surface area contributed by atoms with Crippen LogP contribution in [0, 0.1) is 11.3 Å². The van der Waals surface area contributed by atoms with E-state index in [1.54, 1.807) is 12.3 Å². The van der Waals surface area contributed by atoms with Gasteiger partial charge in [-0.15, -0.1) is 0 Å². The van der Waals surface area contributed by atoms with Crippen LogP contribution in [0.4, 0.5) is 5.82 Å². The van der Waals surface area contributed by atoms with Crippen LogP contribution in [0.5, 0.6) is 0 Å². The van der Waals surface area contributed by atoms with Crippen LogP contribution in [0.25, 0.3) is 0 Å². The average molecular weight is 188 g/mol. The minimum atomic E-state index is 0.468. The topological polar surface area (TPSA) is 60.7 Å². The van der Waals surface area contributed by atoms with Crippen molar-refractivity contribution < 1.29 is 0 Å². The van der Waals surface area contributed by atoms with Crippen molar-refractivity contribution in [1.82, 2.24) is 10.3 Å². The highest BCUT2D eigenvalue weighted by Gasteiger charge is 2.13. The fourth-order valence-corrected chi connectivity index (χ4v) is 1.53. The molecule has 1 saturated heterocycles. The molecule has 1 aromatic rings. The second-order valence-electron chi connectivity index (χ2n) is 3.38. The molecular weight excluding hydrogens is 176 g/mol. The quantitative estimate of drug-likeness (QED) is 0.718. The number of nitrogens with one attached hydrogen (secondary N) is 2. The third-order valence-corrected chi connectivity index (χ3v) is 2.30. The molecule has 1 unspecified atom stereocenters. The molecule has 1 fully saturated rings. The van der Waals surface area contributed by atoms with E-state index in [0.717, 1.165) is 25.3 Å². The van der Waals surface area contributed by atoms with Crippen LogP contribution < -0.4 is 10.6 Å². The molecule has 2 heterocycles. The molecule has 2 rings (SSSR count). The second-order valence-corrected chi connectivity index (χ2v) is 3.38. The Morgan fingerprint density at radius 2 is 2.50 bits per heavy atom. The lowest BCUT2D eigenvalue weighted by Gasteiger charge is -2.11. The third-order valence-electron chi connectivity index (χ3n) is 2.30. The van der Waals surface area contributed by atoms with Crippen molar-refractivity contribution in [2.75, 3.05) is 18.4 Å². The first-order valence-corrected chi connectivity index (χ1v) is 4.72. The number of nitrogens with zero attached hydrogens (tertiary/aromatic N) is 2. The summed E-state index contributed by atoms with van der Waals surface area (Å²) in [4.78, 5) is 4.15. The maximum atomic E-state index is 8.59. The predicted molar refractivity (Wildman–Crippen MR) is 53.8 cm³/mol. The molecule has 0 spiro atoms. The first-order valence-electron chi connectivity index (χ1n) is 4.72. The van der Waals surface area contributed by atoms with E-state index in [1.807, 2.05) is 12.1 Å². The molecule has 0 saturated carbocycles. The standard InChI is InChI=1S/C10H12N4/c11-5-8-1-2-10(13-6-8)14-9-3-4-12-7-9/h1-2,6,9,12H,3-4,7H2,(H,13,14). The van der Waals surface area contributed by atoms with E-state index in [2.05, 4.69) is 15.6 Å². The van der Waals surface area contributed by atoms with Gasteiger partial charge in [0.05, 0.1) is 5.56 Å². The van der Waals surface area contributed by atoms with Crippen LogP contribution in [0.1, 0.15) is 12.0 Å². The summed E-state index contributed by atoms with van der Waals surface area (Å²) < 4.78 is 0. The van der Waals surface area contributed by atoms with Crippen LogP contribution in [0.15, 0.2) is 18.3 Å². The maximum Gasteiger partial charge on any atom is 0.126 e. The van der Waals surface area contributed by atoms with Gasteiger partial charge in [-0.1, -0.05) is 0 Å². The molecule has 1 aromatic heterocycles. The SMILES string of the molecule is N#Cc1ccc(NC2CCNC2)nc1. The summed E-state index contributed by atoms with van der Waals surface area (Å²) in [5.41, 5.74) is 0.597. The van der Waals surface area contributed by atoms with Crippen LogP contribution in [0.3, 0.4) is 0 Å². The minimum absolute atomic E-state index is 0.468. The highest BCUT2D eigenvalue weighted by atomic mass is 15.1. The van der Waals surface area contributed by atoms with Crippen LogP contribution >= 0.6 is 0 Å². The maximum absolute atomic E-state index is 8.59. The number of nitriles is 1. The summed E-state index contributed by atoms with van der Waals surface area (Å²) in [7, 11) is 0. The zero-order chi connectivity index (χ0) is 9.80. The number of pyridine rings is 1. The monoisotopic (exact) mass is 188 g/mol. The number of rotatable bonds is 2. The second kappa shape index (κ2) is 4.07. The first kappa shape index (κ1) is 8.97. The Hall–Kier alpha value is -1.60. The number of hydrogen-bond acceptors (Lipinski definition) is 4. The van der Waals surface area contributed by atoms with Crippen molar-refractivity contribution in [3.63, 3.8) is 0 Å². The lowest BCUT2D eigenvalue weighted by Crippen LogP contribution is -2.22. The molecule has 0 radical (unpaired) electrons. The van der Waals surface area contributed by atoms with Crippen molar-refractivity contribution in [2.45, 2.75) is 12.5 Å². The van der Waals surface area contributed by atoms with Crippen molar-refractivity contribution in [2.24, 2.45) is 0 Å². The Morgan fingerprint density at radius 1 is 1.57 bits per heavy atom. The molecule has 0 amide bonds. The molecule has 0 aliphatic carbocycles. The van der Waals surface area contributed by atoms with Gasteiger partial charge in [0.1, 0.15) is 11.9 Å². The first-order chi connectivity index (χ1) is 6.88. The van der Waals surface area contributed by atoms with E-state index in [1.165, 1.54) is 0 Å². The molecule has 4 nitrogen and oxygen atoms in total. The summed E-state index contributed by atoms with van der Waals surface area (Å²) in [6, 6.07) is 6.13. The van der Waals surface area contributed by atoms with E-state index < -0.39 is 0 Å². The Bertz CT molecular complexity index is 332. The zero-order valence-electron chi connectivity index (χ0n) is 7.83. The van der Waals surface area contributed by atoms with Gasteiger partial charge >= 0.3 is 0 Å². The Balaban J connectivity index is 1.99. The molecule has 0 bridgehead atoms. The van der Waals surface area contributed by atoms with Gasteiger partial charge < -0.3 is 10.6 Å². The van der Waals surface area contributed by atoms with Crippen molar-refractivity contribution in [3.8, 4) is 6.07 Å². The molecule has 1 atom stereocenters. The average Bonchev–Trinajstić information content (AvgIpc) is 2.72. The summed E-state index contributed by atoms with van der Waals surface area (Å²) in [6.07, 6.45) is 2.71. The molecule has 0 aromatic carbocycles. The van der Waals surface area contributed by atoms with Gasteiger partial charge in [0.15, 0.2) is 0 Å². The Morgan fingerprint density at radius 3 is 3.07 bits per heavy atom. The van der Waals surface area contributed by atoms with Gasteiger partial charge in [-0.3, -0.25) is 0 Å². The van der Waals surface area contributed by atoms with E-state index in [9.17, 15) is 0 Å². The Kier molecular flexibility index (Phi) is 2.61. The van der Waals surface area contributed by atoms with Gasteiger partial charge in [0.2, 0.25) is 0 Å². The van der Waals surface area contributed by atoms with Crippen molar-refractivity contribution >= 4 is 5.82 Å². The summed E-state index contributed by atoms with van der Waals surface area (Å²) in [6.45, 7) is 2.05. The van der Waals surface area contributed by atoms with Gasteiger partial charge in [-0.25, -0.2) is 4.98 Å². The highest BCUT2D eigenvalue weighted by molar-refractivity contribution is 5.39. The normalized spacial score (nSPS) is 20.4. The van der Waals surface area contributed by atoms with E-state index in [0.29, 0.717) is 11.6 Å². The third kappa shape index (κ3) is 2.01.